The molecule has 132 valence electrons. The minimum atomic E-state index is -0.814. The van der Waals surface area contributed by atoms with Crippen molar-refractivity contribution in [3.8, 4) is 5.75 Å². The van der Waals surface area contributed by atoms with Gasteiger partial charge in [0.1, 0.15) is 11.6 Å². The van der Waals surface area contributed by atoms with Gasteiger partial charge >= 0.3 is 11.8 Å². The first-order valence-electron chi connectivity index (χ1n) is 8.08. The van der Waals surface area contributed by atoms with Crippen molar-refractivity contribution in [1.82, 2.24) is 4.90 Å². The fourth-order valence-electron chi connectivity index (χ4n) is 2.43. The lowest BCUT2D eigenvalue weighted by Gasteiger charge is -2.32. The summed E-state index contributed by atoms with van der Waals surface area (Å²) in [7, 11) is 0. The van der Waals surface area contributed by atoms with E-state index in [1.165, 1.54) is 17.0 Å². The second-order valence-corrected chi connectivity index (χ2v) is 5.91. The van der Waals surface area contributed by atoms with Gasteiger partial charge in [-0.3, -0.25) is 9.59 Å². The molecule has 0 bridgehead atoms. The van der Waals surface area contributed by atoms with E-state index < -0.39 is 17.6 Å². The molecule has 24 heavy (non-hydrogen) atoms. The van der Waals surface area contributed by atoms with Crippen molar-refractivity contribution >= 4 is 17.5 Å². The first kappa shape index (κ1) is 18.2. The van der Waals surface area contributed by atoms with E-state index in [9.17, 15) is 14.0 Å². The molecule has 2 rings (SSSR count). The van der Waals surface area contributed by atoms with Crippen LogP contribution in [0.15, 0.2) is 18.2 Å². The Morgan fingerprint density at radius 3 is 2.88 bits per heavy atom. The Morgan fingerprint density at radius 1 is 1.46 bits per heavy atom. The molecule has 0 aliphatic carbocycles. The van der Waals surface area contributed by atoms with E-state index in [2.05, 4.69) is 5.32 Å². The maximum atomic E-state index is 13.5. The molecule has 1 N–H and O–H groups in total. The first-order chi connectivity index (χ1) is 11.4. The summed E-state index contributed by atoms with van der Waals surface area (Å²) < 4.78 is 24.5. The second kappa shape index (κ2) is 8.10. The Bertz CT molecular complexity index is 606. The van der Waals surface area contributed by atoms with Crippen molar-refractivity contribution < 1.29 is 23.5 Å². The molecule has 1 aromatic rings. The largest absolute Gasteiger partial charge is 0.489 e. The number of carbonyl (C=O) groups excluding carboxylic acids is 2. The summed E-state index contributed by atoms with van der Waals surface area (Å²) in [4.78, 5) is 26.0. The van der Waals surface area contributed by atoms with Gasteiger partial charge in [-0.2, -0.15) is 0 Å². The van der Waals surface area contributed by atoms with Gasteiger partial charge in [-0.05, 0) is 32.4 Å². The molecule has 1 fully saturated rings. The maximum Gasteiger partial charge on any atom is 0.314 e. The Hall–Kier alpha value is -2.15. The Balaban J connectivity index is 2.08. The molecule has 6 nitrogen and oxygen atoms in total. The van der Waals surface area contributed by atoms with Crippen molar-refractivity contribution in [1.29, 1.82) is 0 Å². The molecule has 1 atom stereocenters. The SMILES string of the molecule is CC[C@@H]1CN(C(=O)C(=O)Nc2cc(F)ccc2OC(C)C)CCO1. The standard InChI is InChI=1S/C17H23FN2O4/c1-4-13-10-20(7-8-23-13)17(22)16(21)19-14-9-12(18)5-6-15(14)24-11(2)3/h5-6,9,11,13H,4,7-8,10H2,1-3H3,(H,19,21)/t13-/m1/s1. The number of amides is 2. The number of ether oxygens (including phenoxy) is 2. The van der Waals surface area contributed by atoms with Crippen LogP contribution in [0.25, 0.3) is 0 Å². The molecule has 0 unspecified atom stereocenters. The van der Waals surface area contributed by atoms with Crippen LogP contribution < -0.4 is 10.1 Å². The lowest BCUT2D eigenvalue weighted by molar-refractivity contribution is -0.148. The summed E-state index contributed by atoms with van der Waals surface area (Å²) in [5.74, 6) is -1.67. The van der Waals surface area contributed by atoms with Crippen LogP contribution in [0.2, 0.25) is 0 Å². The van der Waals surface area contributed by atoms with E-state index in [-0.39, 0.29) is 17.9 Å². The zero-order chi connectivity index (χ0) is 17.7. The van der Waals surface area contributed by atoms with Gasteiger partial charge in [-0.25, -0.2) is 4.39 Å². The van der Waals surface area contributed by atoms with E-state index >= 15 is 0 Å². The topological polar surface area (TPSA) is 67.9 Å². The third-order valence-corrected chi connectivity index (χ3v) is 3.63. The van der Waals surface area contributed by atoms with E-state index in [1.807, 2.05) is 20.8 Å². The van der Waals surface area contributed by atoms with Crippen molar-refractivity contribution in [2.75, 3.05) is 25.0 Å². The summed E-state index contributed by atoms with van der Waals surface area (Å²) in [6, 6.07) is 3.80. The molecule has 0 spiro atoms. The number of nitrogens with one attached hydrogen (secondary N) is 1. The highest BCUT2D eigenvalue weighted by Gasteiger charge is 2.28. The van der Waals surface area contributed by atoms with Crippen LogP contribution in [-0.4, -0.2) is 48.6 Å². The summed E-state index contributed by atoms with van der Waals surface area (Å²) in [6.45, 7) is 6.74. The third-order valence-electron chi connectivity index (χ3n) is 3.63. The Kier molecular flexibility index (Phi) is 6.14. The minimum Gasteiger partial charge on any atom is -0.489 e. The number of carbonyl (C=O) groups is 2. The zero-order valence-corrected chi connectivity index (χ0v) is 14.2. The number of benzene rings is 1. The predicted octanol–water partition coefficient (Wildman–Crippen LogP) is 2.19. The van der Waals surface area contributed by atoms with Gasteiger partial charge in [0.2, 0.25) is 0 Å². The van der Waals surface area contributed by atoms with Crippen molar-refractivity contribution in [3.63, 3.8) is 0 Å². The number of anilines is 1. The number of hydrogen-bond donors (Lipinski definition) is 1. The van der Waals surface area contributed by atoms with E-state index in [1.54, 1.807) is 0 Å². The quantitative estimate of drug-likeness (QED) is 0.855. The first-order valence-corrected chi connectivity index (χ1v) is 8.08. The summed E-state index contributed by atoms with van der Waals surface area (Å²) >= 11 is 0. The summed E-state index contributed by atoms with van der Waals surface area (Å²) in [6.07, 6.45) is 0.553. The lowest BCUT2D eigenvalue weighted by atomic mass is 10.2. The molecule has 1 aromatic carbocycles. The van der Waals surface area contributed by atoms with Crippen LogP contribution in [0.5, 0.6) is 5.75 Å². The van der Waals surface area contributed by atoms with Gasteiger partial charge in [-0.1, -0.05) is 6.92 Å². The molecule has 0 aromatic heterocycles. The molecule has 0 radical (unpaired) electrons. The van der Waals surface area contributed by atoms with Crippen molar-refractivity contribution in [2.24, 2.45) is 0 Å². The highest BCUT2D eigenvalue weighted by atomic mass is 19.1. The van der Waals surface area contributed by atoms with Gasteiger partial charge in [-0.15, -0.1) is 0 Å². The predicted molar refractivity (Wildman–Crippen MR) is 87.4 cm³/mol. The number of hydrogen-bond acceptors (Lipinski definition) is 4. The Morgan fingerprint density at radius 2 is 2.21 bits per heavy atom. The van der Waals surface area contributed by atoms with Crippen LogP contribution in [0.4, 0.5) is 10.1 Å². The number of nitrogens with zero attached hydrogens (tertiary/aromatic N) is 1. The van der Waals surface area contributed by atoms with Crippen LogP contribution in [0, 0.1) is 5.82 Å². The summed E-state index contributed by atoms with van der Waals surface area (Å²) in [5.41, 5.74) is 0.141. The molecule has 2 amide bonds. The minimum absolute atomic E-state index is 0.0653. The normalized spacial score (nSPS) is 17.7. The van der Waals surface area contributed by atoms with E-state index in [0.717, 1.165) is 12.5 Å². The molecule has 7 heteroatoms. The van der Waals surface area contributed by atoms with Crippen molar-refractivity contribution in [3.05, 3.63) is 24.0 Å². The average Bonchev–Trinajstić information content (AvgIpc) is 2.56. The summed E-state index contributed by atoms with van der Waals surface area (Å²) in [5, 5.41) is 2.45. The fraction of sp³-hybridized carbons (Fsp3) is 0.529. The van der Waals surface area contributed by atoms with E-state index in [4.69, 9.17) is 9.47 Å². The molecule has 1 heterocycles. The maximum absolute atomic E-state index is 13.5. The molecular weight excluding hydrogens is 315 g/mol. The van der Waals surface area contributed by atoms with E-state index in [0.29, 0.717) is 25.4 Å². The van der Waals surface area contributed by atoms with Crippen LogP contribution in [0.1, 0.15) is 27.2 Å². The number of morpholine rings is 1. The van der Waals surface area contributed by atoms with Gasteiger partial charge in [0.05, 0.1) is 24.5 Å². The molecule has 1 saturated heterocycles. The molecular formula is C17H23FN2O4. The molecule has 0 saturated carbocycles. The average molecular weight is 338 g/mol. The van der Waals surface area contributed by atoms with Gasteiger partial charge in [0, 0.05) is 19.2 Å². The van der Waals surface area contributed by atoms with Crippen molar-refractivity contribution in [2.45, 2.75) is 39.4 Å². The number of rotatable bonds is 4. The zero-order valence-electron chi connectivity index (χ0n) is 14.2. The monoisotopic (exact) mass is 338 g/mol. The Labute approximate surface area is 140 Å². The van der Waals surface area contributed by atoms with Crippen LogP contribution in [-0.2, 0) is 14.3 Å². The van der Waals surface area contributed by atoms with Crippen LogP contribution in [0.3, 0.4) is 0 Å². The highest BCUT2D eigenvalue weighted by Crippen LogP contribution is 2.26. The van der Waals surface area contributed by atoms with Gasteiger partial charge in [0.15, 0.2) is 0 Å². The third kappa shape index (κ3) is 4.67. The van der Waals surface area contributed by atoms with Crippen LogP contribution >= 0.6 is 0 Å². The lowest BCUT2D eigenvalue weighted by Crippen LogP contribution is -2.49. The second-order valence-electron chi connectivity index (χ2n) is 5.91. The smallest absolute Gasteiger partial charge is 0.314 e. The van der Waals surface area contributed by atoms with Gasteiger partial charge in [0.25, 0.3) is 0 Å². The number of halogens is 1. The molecule has 1 aliphatic heterocycles. The fourth-order valence-corrected chi connectivity index (χ4v) is 2.43. The molecule has 1 aliphatic rings. The highest BCUT2D eigenvalue weighted by molar-refractivity contribution is 6.39. The van der Waals surface area contributed by atoms with Gasteiger partial charge < -0.3 is 19.7 Å².